The quantitative estimate of drug-likeness (QED) is 0.506. The molecule has 28 heavy (non-hydrogen) atoms. The van der Waals surface area contributed by atoms with Gasteiger partial charge in [0.1, 0.15) is 5.69 Å². The standard InChI is InChI=1S/C19H16Cl2N4O2S/c20-13-6-4-12(5-7-13)8-9-22-17(26)16-11-28-19(24-16)25-18(27)23-15-3-1-2-14(21)10-15/h1-7,10-11H,8-9H2,(H,22,26)(H2,23,24,25,27). The highest BCUT2D eigenvalue weighted by molar-refractivity contribution is 7.14. The third-order valence-corrected chi connectivity index (χ3v) is 4.90. The van der Waals surface area contributed by atoms with Crippen molar-refractivity contribution in [3.8, 4) is 0 Å². The highest BCUT2D eigenvalue weighted by atomic mass is 35.5. The van der Waals surface area contributed by atoms with E-state index >= 15 is 0 Å². The third kappa shape index (κ3) is 5.95. The molecule has 144 valence electrons. The summed E-state index contributed by atoms with van der Waals surface area (Å²) in [5.74, 6) is -0.298. The summed E-state index contributed by atoms with van der Waals surface area (Å²) in [7, 11) is 0. The molecule has 0 fully saturated rings. The number of halogens is 2. The van der Waals surface area contributed by atoms with Crippen molar-refractivity contribution < 1.29 is 9.59 Å². The van der Waals surface area contributed by atoms with Gasteiger partial charge in [-0.3, -0.25) is 10.1 Å². The van der Waals surface area contributed by atoms with E-state index in [0.29, 0.717) is 33.8 Å². The highest BCUT2D eigenvalue weighted by Crippen LogP contribution is 2.18. The molecule has 1 heterocycles. The smallest absolute Gasteiger partial charge is 0.325 e. The van der Waals surface area contributed by atoms with Gasteiger partial charge in [0, 0.05) is 27.7 Å². The number of thiazole rings is 1. The molecule has 3 N–H and O–H groups in total. The van der Waals surface area contributed by atoms with Crippen LogP contribution in [0.2, 0.25) is 10.0 Å². The van der Waals surface area contributed by atoms with E-state index in [2.05, 4.69) is 20.9 Å². The normalized spacial score (nSPS) is 10.4. The van der Waals surface area contributed by atoms with Crippen LogP contribution < -0.4 is 16.0 Å². The van der Waals surface area contributed by atoms with E-state index < -0.39 is 6.03 Å². The number of hydrogen-bond acceptors (Lipinski definition) is 4. The second-order valence-corrected chi connectivity index (χ2v) is 7.49. The SMILES string of the molecule is O=C(Nc1cccc(Cl)c1)Nc1nc(C(=O)NCCc2ccc(Cl)cc2)cs1. The monoisotopic (exact) mass is 434 g/mol. The Kier molecular flexibility index (Phi) is 6.86. The fourth-order valence-corrected chi connectivity index (χ4v) is 3.33. The van der Waals surface area contributed by atoms with Crippen molar-refractivity contribution in [1.29, 1.82) is 0 Å². The van der Waals surface area contributed by atoms with Crippen molar-refractivity contribution in [2.24, 2.45) is 0 Å². The molecular formula is C19H16Cl2N4O2S. The van der Waals surface area contributed by atoms with Crippen LogP contribution in [0.1, 0.15) is 16.1 Å². The fourth-order valence-electron chi connectivity index (χ4n) is 2.32. The molecule has 1 aromatic heterocycles. The summed E-state index contributed by atoms with van der Waals surface area (Å²) in [6, 6.07) is 13.8. The molecule has 0 aliphatic heterocycles. The minimum Gasteiger partial charge on any atom is -0.350 e. The Labute approximate surface area is 175 Å². The molecule has 0 spiro atoms. The molecule has 3 amide bonds. The molecule has 6 nitrogen and oxygen atoms in total. The van der Waals surface area contributed by atoms with E-state index in [0.717, 1.165) is 5.56 Å². The Hall–Kier alpha value is -2.61. The number of carbonyl (C=O) groups excluding carboxylic acids is 2. The topological polar surface area (TPSA) is 83.1 Å². The van der Waals surface area contributed by atoms with Gasteiger partial charge in [0.25, 0.3) is 5.91 Å². The van der Waals surface area contributed by atoms with Crippen LogP contribution in [0.15, 0.2) is 53.9 Å². The number of nitrogens with zero attached hydrogens (tertiary/aromatic N) is 1. The first-order valence-electron chi connectivity index (χ1n) is 8.31. The maximum absolute atomic E-state index is 12.2. The molecular weight excluding hydrogens is 419 g/mol. The second-order valence-electron chi connectivity index (χ2n) is 5.76. The molecule has 0 aliphatic rings. The van der Waals surface area contributed by atoms with Crippen molar-refractivity contribution in [3.05, 3.63) is 75.2 Å². The highest BCUT2D eigenvalue weighted by Gasteiger charge is 2.12. The molecule has 0 atom stereocenters. The van der Waals surface area contributed by atoms with Crippen molar-refractivity contribution in [2.45, 2.75) is 6.42 Å². The average molecular weight is 435 g/mol. The van der Waals surface area contributed by atoms with Crippen LogP contribution in [0.5, 0.6) is 0 Å². The molecule has 0 saturated carbocycles. The largest absolute Gasteiger partial charge is 0.350 e. The Balaban J connectivity index is 1.48. The van der Waals surface area contributed by atoms with Crippen LogP contribution in [0.25, 0.3) is 0 Å². The molecule has 9 heteroatoms. The summed E-state index contributed by atoms with van der Waals surface area (Å²) in [6.45, 7) is 0.468. The van der Waals surface area contributed by atoms with Crippen molar-refractivity contribution >= 4 is 57.3 Å². The van der Waals surface area contributed by atoms with Gasteiger partial charge in [0.15, 0.2) is 5.13 Å². The Bertz CT molecular complexity index is 976. The van der Waals surface area contributed by atoms with Gasteiger partial charge in [-0.1, -0.05) is 41.4 Å². The summed E-state index contributed by atoms with van der Waals surface area (Å²) in [4.78, 5) is 28.3. The molecule has 0 unspecified atom stereocenters. The zero-order chi connectivity index (χ0) is 19.9. The van der Waals surface area contributed by atoms with E-state index in [-0.39, 0.29) is 11.6 Å². The van der Waals surface area contributed by atoms with Crippen molar-refractivity contribution in [2.75, 3.05) is 17.2 Å². The van der Waals surface area contributed by atoms with Gasteiger partial charge in [-0.25, -0.2) is 9.78 Å². The number of rotatable bonds is 6. The predicted molar refractivity (Wildman–Crippen MR) is 114 cm³/mol. The zero-order valence-corrected chi connectivity index (χ0v) is 16.9. The van der Waals surface area contributed by atoms with Gasteiger partial charge in [0.2, 0.25) is 0 Å². The van der Waals surface area contributed by atoms with Crippen LogP contribution in [0.3, 0.4) is 0 Å². The molecule has 0 aliphatic carbocycles. The van der Waals surface area contributed by atoms with Crippen LogP contribution in [0.4, 0.5) is 15.6 Å². The van der Waals surface area contributed by atoms with Crippen LogP contribution in [0, 0.1) is 0 Å². The summed E-state index contributed by atoms with van der Waals surface area (Å²) < 4.78 is 0. The molecule has 2 aromatic carbocycles. The first-order chi connectivity index (χ1) is 13.5. The van der Waals surface area contributed by atoms with Gasteiger partial charge in [-0.2, -0.15) is 0 Å². The van der Waals surface area contributed by atoms with Gasteiger partial charge < -0.3 is 10.6 Å². The molecule has 3 rings (SSSR count). The predicted octanol–water partition coefficient (Wildman–Crippen LogP) is 5.07. The molecule has 0 radical (unpaired) electrons. The lowest BCUT2D eigenvalue weighted by molar-refractivity contribution is 0.0950. The lowest BCUT2D eigenvalue weighted by Gasteiger charge is -2.05. The van der Waals surface area contributed by atoms with Crippen LogP contribution in [-0.4, -0.2) is 23.5 Å². The summed E-state index contributed by atoms with van der Waals surface area (Å²) in [6.07, 6.45) is 0.681. The zero-order valence-electron chi connectivity index (χ0n) is 14.5. The first-order valence-corrected chi connectivity index (χ1v) is 9.95. The van der Waals surface area contributed by atoms with Gasteiger partial charge in [-0.15, -0.1) is 11.3 Å². The van der Waals surface area contributed by atoms with E-state index in [1.54, 1.807) is 29.6 Å². The minimum absolute atomic E-state index is 0.249. The Morgan fingerprint density at radius 2 is 1.79 bits per heavy atom. The number of hydrogen-bond donors (Lipinski definition) is 3. The van der Waals surface area contributed by atoms with E-state index in [4.69, 9.17) is 23.2 Å². The molecule has 3 aromatic rings. The average Bonchev–Trinajstić information content (AvgIpc) is 3.11. The Morgan fingerprint density at radius 1 is 1.00 bits per heavy atom. The van der Waals surface area contributed by atoms with Crippen LogP contribution in [-0.2, 0) is 6.42 Å². The lowest BCUT2D eigenvalue weighted by Crippen LogP contribution is -2.26. The maximum Gasteiger partial charge on any atom is 0.325 e. The number of benzene rings is 2. The third-order valence-electron chi connectivity index (χ3n) is 3.65. The lowest BCUT2D eigenvalue weighted by atomic mass is 10.1. The van der Waals surface area contributed by atoms with E-state index in [1.165, 1.54) is 11.3 Å². The van der Waals surface area contributed by atoms with Gasteiger partial charge in [0.05, 0.1) is 0 Å². The second kappa shape index (κ2) is 9.54. The summed E-state index contributed by atoms with van der Waals surface area (Å²) in [5, 5.41) is 11.2. The maximum atomic E-state index is 12.2. The van der Waals surface area contributed by atoms with Gasteiger partial charge in [-0.05, 0) is 42.3 Å². The fraction of sp³-hybridized carbons (Fsp3) is 0.105. The minimum atomic E-state index is -0.466. The Morgan fingerprint density at radius 3 is 2.54 bits per heavy atom. The van der Waals surface area contributed by atoms with Crippen LogP contribution >= 0.6 is 34.5 Å². The van der Waals surface area contributed by atoms with Crippen molar-refractivity contribution in [3.63, 3.8) is 0 Å². The first kappa shape index (κ1) is 20.1. The molecule has 0 bridgehead atoms. The number of urea groups is 1. The molecule has 0 saturated heterocycles. The summed E-state index contributed by atoms with van der Waals surface area (Å²) in [5.41, 5.74) is 1.88. The number of nitrogens with one attached hydrogen (secondary N) is 3. The number of aromatic nitrogens is 1. The number of carbonyl (C=O) groups is 2. The van der Waals surface area contributed by atoms with Crippen molar-refractivity contribution in [1.82, 2.24) is 10.3 Å². The summed E-state index contributed by atoms with van der Waals surface area (Å²) >= 11 is 12.9. The van der Waals surface area contributed by atoms with E-state index in [9.17, 15) is 9.59 Å². The van der Waals surface area contributed by atoms with E-state index in [1.807, 2.05) is 24.3 Å². The number of amides is 3. The van der Waals surface area contributed by atoms with Gasteiger partial charge >= 0.3 is 6.03 Å². The number of anilines is 2.